The highest BCUT2D eigenvalue weighted by molar-refractivity contribution is 5.83. The molecule has 94 valence electrons. The summed E-state index contributed by atoms with van der Waals surface area (Å²) in [5.74, 6) is 0. The molecule has 0 unspecified atom stereocenters. The minimum Gasteiger partial charge on any atom is -0.361 e. The Morgan fingerprint density at radius 2 is 1.79 bits per heavy atom. The molecule has 0 aliphatic carbocycles. The number of aromatic nitrogens is 1. The highest BCUT2D eigenvalue weighted by Gasteiger charge is 2.26. The van der Waals surface area contributed by atoms with E-state index in [1.807, 2.05) is 0 Å². The van der Waals surface area contributed by atoms with E-state index >= 15 is 0 Å². The largest absolute Gasteiger partial charge is 0.361 e. The molecule has 1 aromatic heterocycles. The van der Waals surface area contributed by atoms with E-state index < -0.39 is 0 Å². The van der Waals surface area contributed by atoms with E-state index in [-0.39, 0.29) is 0 Å². The highest BCUT2D eigenvalue weighted by atomic mass is 14.9. The molecular formula is C17H17N2+. The average Bonchev–Trinajstić information content (AvgIpc) is 2.90. The smallest absolute Gasteiger partial charge is 0.140 e. The molecule has 1 aliphatic heterocycles. The van der Waals surface area contributed by atoms with Gasteiger partial charge in [0, 0.05) is 34.6 Å². The third-order valence-electron chi connectivity index (χ3n) is 4.16. The van der Waals surface area contributed by atoms with Crippen molar-refractivity contribution >= 4 is 10.9 Å². The molecular weight excluding hydrogens is 232 g/mol. The van der Waals surface area contributed by atoms with Gasteiger partial charge >= 0.3 is 0 Å². The summed E-state index contributed by atoms with van der Waals surface area (Å²) in [6.07, 6.45) is 3.35. The number of quaternary nitrogens is 1. The maximum atomic E-state index is 3.40. The summed E-state index contributed by atoms with van der Waals surface area (Å²) in [6, 6.07) is 17.8. The number of hydrogen-bond donors (Lipinski definition) is 2. The molecule has 19 heavy (non-hydrogen) atoms. The van der Waals surface area contributed by atoms with Crippen molar-refractivity contribution in [3.05, 3.63) is 71.4 Å². The number of H-pyrrole nitrogens is 1. The van der Waals surface area contributed by atoms with Crippen LogP contribution in [0.25, 0.3) is 10.9 Å². The molecule has 4 rings (SSSR count). The highest BCUT2D eigenvalue weighted by Crippen LogP contribution is 2.29. The minimum absolute atomic E-state index is 0.432. The van der Waals surface area contributed by atoms with Crippen molar-refractivity contribution in [3.63, 3.8) is 0 Å². The second kappa shape index (κ2) is 4.25. The Hall–Kier alpha value is -2.06. The zero-order valence-corrected chi connectivity index (χ0v) is 10.8. The summed E-state index contributed by atoms with van der Waals surface area (Å²) < 4.78 is 0. The Labute approximate surface area is 112 Å². The molecule has 3 N–H and O–H groups in total. The van der Waals surface area contributed by atoms with Crippen molar-refractivity contribution in [2.24, 2.45) is 0 Å². The molecule has 0 radical (unpaired) electrons. The van der Waals surface area contributed by atoms with Gasteiger partial charge in [-0.15, -0.1) is 0 Å². The molecule has 0 amide bonds. The standard InChI is InChI=1S/C17H16N2/c1-2-6-13-12(5-1)9-10-18-17(13)15-11-19-16-8-4-3-7-14(15)16/h1-8,11,17-19H,9-10H2/p+1/t17-/m0/s1. The summed E-state index contributed by atoms with van der Waals surface area (Å²) in [6.45, 7) is 1.17. The van der Waals surface area contributed by atoms with Crippen LogP contribution in [0.5, 0.6) is 0 Å². The molecule has 1 aliphatic rings. The van der Waals surface area contributed by atoms with Gasteiger partial charge < -0.3 is 10.3 Å². The lowest BCUT2D eigenvalue weighted by molar-refractivity contribution is -0.689. The Morgan fingerprint density at radius 1 is 0.947 bits per heavy atom. The number of para-hydroxylation sites is 1. The molecule has 0 bridgehead atoms. The first kappa shape index (κ1) is 10.8. The number of fused-ring (bicyclic) bond motifs is 2. The van der Waals surface area contributed by atoms with Crippen LogP contribution in [0.4, 0.5) is 0 Å². The SMILES string of the molecule is c1ccc2c(c1)CC[NH2+][C@@H]2c1c[nH]c2ccccc12. The molecule has 0 saturated heterocycles. The van der Waals surface area contributed by atoms with Crippen molar-refractivity contribution < 1.29 is 5.32 Å². The van der Waals surface area contributed by atoms with Gasteiger partial charge in [-0.05, 0) is 11.6 Å². The topological polar surface area (TPSA) is 32.4 Å². The van der Waals surface area contributed by atoms with Gasteiger partial charge in [0.15, 0.2) is 0 Å². The maximum Gasteiger partial charge on any atom is 0.140 e. The molecule has 2 nitrogen and oxygen atoms in total. The Kier molecular flexibility index (Phi) is 2.42. The first-order valence-electron chi connectivity index (χ1n) is 6.90. The van der Waals surface area contributed by atoms with E-state index in [9.17, 15) is 0 Å². The lowest BCUT2D eigenvalue weighted by Crippen LogP contribution is -2.87. The number of rotatable bonds is 1. The number of benzene rings is 2. The number of hydrogen-bond acceptors (Lipinski definition) is 0. The van der Waals surface area contributed by atoms with Crippen LogP contribution in [0.15, 0.2) is 54.7 Å². The summed E-state index contributed by atoms with van der Waals surface area (Å²) >= 11 is 0. The van der Waals surface area contributed by atoms with E-state index in [2.05, 4.69) is 65.0 Å². The third-order valence-corrected chi connectivity index (χ3v) is 4.16. The lowest BCUT2D eigenvalue weighted by atomic mass is 9.90. The zero-order valence-electron chi connectivity index (χ0n) is 10.8. The summed E-state index contributed by atoms with van der Waals surface area (Å²) in [7, 11) is 0. The van der Waals surface area contributed by atoms with Crippen molar-refractivity contribution in [3.8, 4) is 0 Å². The predicted molar refractivity (Wildman–Crippen MR) is 77.1 cm³/mol. The average molecular weight is 249 g/mol. The van der Waals surface area contributed by atoms with Crippen molar-refractivity contribution in [1.82, 2.24) is 4.98 Å². The van der Waals surface area contributed by atoms with Crippen LogP contribution in [-0.4, -0.2) is 11.5 Å². The van der Waals surface area contributed by atoms with E-state index in [0.717, 1.165) is 0 Å². The van der Waals surface area contributed by atoms with Crippen LogP contribution in [0, 0.1) is 0 Å². The molecule has 3 aromatic rings. The molecule has 0 fully saturated rings. The lowest BCUT2D eigenvalue weighted by Gasteiger charge is -2.23. The van der Waals surface area contributed by atoms with Crippen LogP contribution in [0.3, 0.4) is 0 Å². The molecule has 0 spiro atoms. The third kappa shape index (κ3) is 1.68. The zero-order chi connectivity index (χ0) is 12.7. The van der Waals surface area contributed by atoms with Crippen LogP contribution in [-0.2, 0) is 6.42 Å². The van der Waals surface area contributed by atoms with E-state index in [1.54, 1.807) is 0 Å². The Bertz CT molecular complexity index is 727. The van der Waals surface area contributed by atoms with E-state index in [0.29, 0.717) is 6.04 Å². The molecule has 0 saturated carbocycles. The van der Waals surface area contributed by atoms with Crippen LogP contribution >= 0.6 is 0 Å². The fourth-order valence-electron chi connectivity index (χ4n) is 3.24. The van der Waals surface area contributed by atoms with E-state index in [4.69, 9.17) is 0 Å². The van der Waals surface area contributed by atoms with Gasteiger partial charge in [0.25, 0.3) is 0 Å². The van der Waals surface area contributed by atoms with Crippen molar-refractivity contribution in [2.45, 2.75) is 12.5 Å². The fraction of sp³-hybridized carbons (Fsp3) is 0.176. The number of nitrogens with one attached hydrogen (secondary N) is 1. The van der Waals surface area contributed by atoms with Gasteiger partial charge in [-0.1, -0.05) is 42.5 Å². The molecule has 2 aromatic carbocycles. The number of aromatic amines is 1. The van der Waals surface area contributed by atoms with Gasteiger partial charge in [-0.2, -0.15) is 0 Å². The second-order valence-corrected chi connectivity index (χ2v) is 5.24. The molecule has 1 atom stereocenters. The summed E-state index contributed by atoms with van der Waals surface area (Å²) in [4.78, 5) is 3.40. The number of nitrogens with two attached hydrogens (primary N) is 1. The Morgan fingerprint density at radius 3 is 2.79 bits per heavy atom. The van der Waals surface area contributed by atoms with Crippen molar-refractivity contribution in [2.75, 3.05) is 6.54 Å². The van der Waals surface area contributed by atoms with Gasteiger partial charge in [0.1, 0.15) is 6.04 Å². The first-order valence-corrected chi connectivity index (χ1v) is 6.90. The van der Waals surface area contributed by atoms with Gasteiger partial charge in [-0.3, -0.25) is 0 Å². The fourth-order valence-corrected chi connectivity index (χ4v) is 3.24. The minimum atomic E-state index is 0.432. The first-order chi connectivity index (χ1) is 9.43. The molecule has 2 heterocycles. The molecule has 2 heteroatoms. The van der Waals surface area contributed by atoms with Gasteiger partial charge in [0.05, 0.1) is 6.54 Å². The maximum absolute atomic E-state index is 3.40. The van der Waals surface area contributed by atoms with Gasteiger partial charge in [0.2, 0.25) is 0 Å². The monoisotopic (exact) mass is 249 g/mol. The Balaban J connectivity index is 1.90. The van der Waals surface area contributed by atoms with Crippen LogP contribution < -0.4 is 5.32 Å². The van der Waals surface area contributed by atoms with Crippen LogP contribution in [0.2, 0.25) is 0 Å². The predicted octanol–water partition coefficient (Wildman–Crippen LogP) is 2.38. The quantitative estimate of drug-likeness (QED) is 0.664. The van der Waals surface area contributed by atoms with Crippen molar-refractivity contribution in [1.29, 1.82) is 0 Å². The normalized spacial score (nSPS) is 18.4. The van der Waals surface area contributed by atoms with Crippen LogP contribution in [0.1, 0.15) is 22.7 Å². The summed E-state index contributed by atoms with van der Waals surface area (Å²) in [5, 5.41) is 3.80. The van der Waals surface area contributed by atoms with E-state index in [1.165, 1.54) is 40.6 Å². The van der Waals surface area contributed by atoms with Gasteiger partial charge in [-0.25, -0.2) is 0 Å². The second-order valence-electron chi connectivity index (χ2n) is 5.24. The summed E-state index contributed by atoms with van der Waals surface area (Å²) in [5.41, 5.74) is 5.61.